The quantitative estimate of drug-likeness (QED) is 0.552. The van der Waals surface area contributed by atoms with Crippen LogP contribution < -0.4 is 15.5 Å². The van der Waals surface area contributed by atoms with E-state index in [0.717, 1.165) is 19.3 Å². The van der Waals surface area contributed by atoms with Crippen molar-refractivity contribution < 1.29 is 19.5 Å². The van der Waals surface area contributed by atoms with Gasteiger partial charge in [-0.2, -0.15) is 0 Å². The predicted molar refractivity (Wildman–Crippen MR) is 92.5 cm³/mol. The number of methoxy groups -OCH3 is 1. The van der Waals surface area contributed by atoms with Crippen LogP contribution in [0.15, 0.2) is 12.3 Å². The fourth-order valence-corrected chi connectivity index (χ4v) is 5.75. The van der Waals surface area contributed by atoms with Crippen molar-refractivity contribution in [3.8, 4) is 5.88 Å². The van der Waals surface area contributed by atoms with Gasteiger partial charge < -0.3 is 10.1 Å². The fraction of sp³-hybridized carbons (Fsp3) is 0.632. The number of nitrogens with one attached hydrogen (secondary N) is 2. The number of aromatic nitrogens is 1. The molecule has 0 aromatic carbocycles. The first-order valence-corrected chi connectivity index (χ1v) is 9.28. The van der Waals surface area contributed by atoms with Crippen molar-refractivity contribution in [1.82, 2.24) is 15.8 Å². The molecule has 4 saturated carbocycles. The standard InChI is InChI=1S/C19H25N3O4/c1-26-17-15(5-14(9-20-17)16(23)22-25)10-21-18(24)19-6-11-2-12(7-19)4-13(3-11)8-19/h5,9,11-13,25H,2-4,6-8,10H2,1H3,(H,21,24)(H,22,23). The van der Waals surface area contributed by atoms with E-state index in [4.69, 9.17) is 9.94 Å². The summed E-state index contributed by atoms with van der Waals surface area (Å²) in [5.74, 6) is 1.97. The number of ether oxygens (including phenoxy) is 1. The van der Waals surface area contributed by atoms with Crippen LogP contribution in [0, 0.1) is 23.2 Å². The van der Waals surface area contributed by atoms with Crippen LogP contribution >= 0.6 is 0 Å². The Hall–Kier alpha value is -2.15. The summed E-state index contributed by atoms with van der Waals surface area (Å²) in [5.41, 5.74) is 2.21. The molecule has 4 bridgehead atoms. The molecule has 0 saturated heterocycles. The summed E-state index contributed by atoms with van der Waals surface area (Å²) in [6, 6.07) is 1.58. The van der Waals surface area contributed by atoms with E-state index < -0.39 is 5.91 Å². The molecule has 5 rings (SSSR count). The first kappa shape index (κ1) is 17.3. The zero-order chi connectivity index (χ0) is 18.3. The third kappa shape index (κ3) is 2.94. The molecule has 140 valence electrons. The van der Waals surface area contributed by atoms with Gasteiger partial charge in [0.05, 0.1) is 12.7 Å². The molecule has 0 aliphatic heterocycles. The lowest BCUT2D eigenvalue weighted by atomic mass is 9.49. The van der Waals surface area contributed by atoms with Crippen molar-refractivity contribution in [2.24, 2.45) is 23.2 Å². The molecule has 1 aromatic heterocycles. The zero-order valence-corrected chi connectivity index (χ0v) is 15.0. The molecule has 0 unspecified atom stereocenters. The molecule has 4 aliphatic carbocycles. The van der Waals surface area contributed by atoms with E-state index in [-0.39, 0.29) is 23.4 Å². The Labute approximate surface area is 152 Å². The molecule has 3 N–H and O–H groups in total. The lowest BCUT2D eigenvalue weighted by molar-refractivity contribution is -0.146. The second kappa shape index (κ2) is 6.54. The maximum Gasteiger partial charge on any atom is 0.276 e. The van der Waals surface area contributed by atoms with E-state index in [0.29, 0.717) is 29.2 Å². The molecule has 26 heavy (non-hydrogen) atoms. The molecule has 0 spiro atoms. The van der Waals surface area contributed by atoms with Gasteiger partial charge in [0.1, 0.15) is 0 Å². The number of carbonyl (C=O) groups excluding carboxylic acids is 2. The molecule has 1 aromatic rings. The van der Waals surface area contributed by atoms with E-state index in [1.807, 2.05) is 0 Å². The number of hydrogen-bond acceptors (Lipinski definition) is 5. The molecule has 0 radical (unpaired) electrons. The molecule has 0 atom stereocenters. The van der Waals surface area contributed by atoms with Crippen molar-refractivity contribution in [3.05, 3.63) is 23.4 Å². The maximum absolute atomic E-state index is 13.1. The van der Waals surface area contributed by atoms with E-state index >= 15 is 0 Å². The average Bonchev–Trinajstić information content (AvgIpc) is 2.64. The van der Waals surface area contributed by atoms with E-state index in [1.165, 1.54) is 32.6 Å². The summed E-state index contributed by atoms with van der Waals surface area (Å²) < 4.78 is 5.24. The number of rotatable bonds is 5. The fourth-order valence-electron chi connectivity index (χ4n) is 5.75. The first-order chi connectivity index (χ1) is 12.5. The zero-order valence-electron chi connectivity index (χ0n) is 15.0. The van der Waals surface area contributed by atoms with Gasteiger partial charge in [0.15, 0.2) is 0 Å². The van der Waals surface area contributed by atoms with Gasteiger partial charge in [0.2, 0.25) is 11.8 Å². The molecule has 4 aliphatic rings. The van der Waals surface area contributed by atoms with Crippen LogP contribution in [0.25, 0.3) is 0 Å². The third-order valence-electron chi connectivity index (χ3n) is 6.44. The number of carbonyl (C=O) groups is 2. The highest BCUT2D eigenvalue weighted by Gasteiger charge is 2.54. The number of hydrogen-bond donors (Lipinski definition) is 3. The average molecular weight is 359 g/mol. The Morgan fingerprint density at radius 3 is 2.38 bits per heavy atom. The van der Waals surface area contributed by atoms with Gasteiger partial charge in [-0.1, -0.05) is 0 Å². The summed E-state index contributed by atoms with van der Waals surface area (Å²) in [6.45, 7) is 0.253. The molecule has 2 amide bonds. The minimum absolute atomic E-state index is 0.121. The lowest BCUT2D eigenvalue weighted by Gasteiger charge is -2.55. The summed E-state index contributed by atoms with van der Waals surface area (Å²) >= 11 is 0. The second-order valence-electron chi connectivity index (χ2n) is 8.21. The predicted octanol–water partition coefficient (Wildman–Crippen LogP) is 2.04. The van der Waals surface area contributed by atoms with Crippen molar-refractivity contribution in [3.63, 3.8) is 0 Å². The van der Waals surface area contributed by atoms with Gasteiger partial charge >= 0.3 is 0 Å². The van der Waals surface area contributed by atoms with Gasteiger partial charge in [-0.15, -0.1) is 0 Å². The van der Waals surface area contributed by atoms with Gasteiger partial charge in [0.25, 0.3) is 5.91 Å². The van der Waals surface area contributed by atoms with Crippen LogP contribution in [0.4, 0.5) is 0 Å². The summed E-state index contributed by atoms with van der Waals surface area (Å²) in [4.78, 5) is 28.7. The van der Waals surface area contributed by atoms with Crippen LogP contribution in [0.5, 0.6) is 5.88 Å². The van der Waals surface area contributed by atoms with Crippen LogP contribution in [0.2, 0.25) is 0 Å². The number of amides is 2. The number of pyridine rings is 1. The Morgan fingerprint density at radius 1 is 1.23 bits per heavy atom. The van der Waals surface area contributed by atoms with Crippen LogP contribution in [-0.4, -0.2) is 29.1 Å². The monoisotopic (exact) mass is 359 g/mol. The molecule has 7 nitrogen and oxygen atoms in total. The van der Waals surface area contributed by atoms with Gasteiger partial charge in [0, 0.05) is 23.7 Å². The van der Waals surface area contributed by atoms with E-state index in [2.05, 4.69) is 10.3 Å². The highest BCUT2D eigenvalue weighted by atomic mass is 16.5. The van der Waals surface area contributed by atoms with Crippen LogP contribution in [-0.2, 0) is 11.3 Å². The molecular weight excluding hydrogens is 334 g/mol. The third-order valence-corrected chi connectivity index (χ3v) is 6.44. The number of hydroxylamine groups is 1. The largest absolute Gasteiger partial charge is 0.481 e. The maximum atomic E-state index is 13.1. The minimum atomic E-state index is -0.645. The lowest BCUT2D eigenvalue weighted by Crippen LogP contribution is -2.53. The van der Waals surface area contributed by atoms with Crippen LogP contribution in [0.3, 0.4) is 0 Å². The SMILES string of the molecule is COc1ncc(C(=O)NO)cc1CNC(=O)C12CC3CC(CC(C3)C1)C2. The highest BCUT2D eigenvalue weighted by Crippen LogP contribution is 2.60. The molecule has 7 heteroatoms. The Kier molecular flexibility index (Phi) is 4.34. The Balaban J connectivity index is 1.48. The van der Waals surface area contributed by atoms with Crippen molar-refractivity contribution in [1.29, 1.82) is 0 Å². The normalized spacial score (nSPS) is 31.5. The van der Waals surface area contributed by atoms with Gasteiger partial charge in [-0.3, -0.25) is 14.8 Å². The van der Waals surface area contributed by atoms with Crippen molar-refractivity contribution in [2.75, 3.05) is 7.11 Å². The Bertz CT molecular complexity index is 698. The minimum Gasteiger partial charge on any atom is -0.481 e. The Morgan fingerprint density at radius 2 is 1.85 bits per heavy atom. The van der Waals surface area contributed by atoms with Crippen LogP contribution in [0.1, 0.15) is 54.4 Å². The van der Waals surface area contributed by atoms with E-state index in [9.17, 15) is 9.59 Å². The molecular formula is C19H25N3O4. The van der Waals surface area contributed by atoms with Gasteiger partial charge in [-0.25, -0.2) is 10.5 Å². The summed E-state index contributed by atoms with van der Waals surface area (Å²) in [7, 11) is 1.50. The summed E-state index contributed by atoms with van der Waals surface area (Å²) in [5, 5.41) is 11.9. The first-order valence-electron chi connectivity index (χ1n) is 9.28. The highest BCUT2D eigenvalue weighted by molar-refractivity contribution is 5.93. The second-order valence-corrected chi connectivity index (χ2v) is 8.21. The molecule has 1 heterocycles. The number of nitrogens with zero attached hydrogens (tertiary/aromatic N) is 1. The topological polar surface area (TPSA) is 101 Å². The van der Waals surface area contributed by atoms with Crippen molar-refractivity contribution >= 4 is 11.8 Å². The molecule has 4 fully saturated rings. The van der Waals surface area contributed by atoms with Crippen molar-refractivity contribution in [2.45, 2.75) is 45.1 Å². The smallest absolute Gasteiger partial charge is 0.276 e. The summed E-state index contributed by atoms with van der Waals surface area (Å²) in [6.07, 6.45) is 8.23. The van der Waals surface area contributed by atoms with Gasteiger partial charge in [-0.05, 0) is 62.3 Å². The van der Waals surface area contributed by atoms with E-state index in [1.54, 1.807) is 11.5 Å².